The minimum Gasteiger partial charge on any atom is -0.417 e. The summed E-state index contributed by atoms with van der Waals surface area (Å²) in [4.78, 5) is 27.9. The van der Waals surface area contributed by atoms with E-state index in [0.29, 0.717) is 25.5 Å². The van der Waals surface area contributed by atoms with Gasteiger partial charge in [-0.15, -0.1) is 0 Å². The molecular weight excluding hydrogens is 505 g/mol. The highest BCUT2D eigenvalue weighted by atomic mass is 28.4. The number of aliphatic hydroxyl groups is 1. The van der Waals surface area contributed by atoms with Crippen molar-refractivity contribution in [2.45, 2.75) is 88.6 Å². The molecule has 202 valence electrons. The Labute approximate surface area is 215 Å². The van der Waals surface area contributed by atoms with Gasteiger partial charge in [0, 0.05) is 13.0 Å². The number of hydrogen-bond acceptors (Lipinski definition) is 6. The Hall–Kier alpha value is -2.26. The Bertz CT molecular complexity index is 1170. The molecule has 3 saturated heterocycles. The number of anilines is 1. The number of rotatable bonds is 6. The summed E-state index contributed by atoms with van der Waals surface area (Å²) in [5.41, 5.74) is -4.50. The second-order valence-electron chi connectivity index (χ2n) is 12.1. The Morgan fingerprint density at radius 1 is 1.22 bits per heavy atom. The molecule has 4 rings (SSSR count). The van der Waals surface area contributed by atoms with Crippen LogP contribution in [-0.2, 0) is 24.9 Å². The van der Waals surface area contributed by atoms with Gasteiger partial charge in [0.15, 0.2) is 8.32 Å². The topological polar surface area (TPSA) is 99.9 Å². The standard InChI is InChI=1S/C26H33F3N2O5Si/c1-23(2,3)37(5,6)35-11-7-10-25-13-18(32)24(4,36-25)19-20(25)22(34)31(21(19)33)16-9-8-15(14-30)17(12-16)26(27,28)29/h8-9,12,18-20,32H,7,10-11,13H2,1-6H3/t18-,19-,20?,24-,25+/m1/s1. The highest BCUT2D eigenvalue weighted by Crippen LogP contribution is 2.62. The van der Waals surface area contributed by atoms with E-state index in [1.54, 1.807) is 6.92 Å². The lowest BCUT2D eigenvalue weighted by Gasteiger charge is -2.37. The summed E-state index contributed by atoms with van der Waals surface area (Å²) in [5.74, 6) is -3.29. The number of hydrogen-bond donors (Lipinski definition) is 1. The van der Waals surface area contributed by atoms with Crippen LogP contribution in [0.5, 0.6) is 0 Å². The molecule has 1 aromatic rings. The van der Waals surface area contributed by atoms with E-state index >= 15 is 0 Å². The molecule has 3 aliphatic rings. The number of benzene rings is 1. The van der Waals surface area contributed by atoms with Gasteiger partial charge >= 0.3 is 6.18 Å². The van der Waals surface area contributed by atoms with Crippen LogP contribution in [0.2, 0.25) is 18.1 Å². The zero-order chi connectivity index (χ0) is 27.8. The molecule has 2 bridgehead atoms. The largest absolute Gasteiger partial charge is 0.417 e. The summed E-state index contributed by atoms with van der Waals surface area (Å²) < 4.78 is 53.2. The van der Waals surface area contributed by atoms with Crippen LogP contribution < -0.4 is 4.90 Å². The van der Waals surface area contributed by atoms with Gasteiger partial charge < -0.3 is 14.3 Å². The van der Waals surface area contributed by atoms with Crippen molar-refractivity contribution in [1.29, 1.82) is 5.26 Å². The predicted molar refractivity (Wildman–Crippen MR) is 131 cm³/mol. The Balaban J connectivity index is 1.62. The molecular formula is C26H33F3N2O5Si. The fourth-order valence-electron chi connectivity index (χ4n) is 5.80. The third kappa shape index (κ3) is 4.22. The maximum absolute atomic E-state index is 13.7. The summed E-state index contributed by atoms with van der Waals surface area (Å²) in [5, 5.41) is 20.0. The van der Waals surface area contributed by atoms with Crippen LogP contribution >= 0.6 is 0 Å². The van der Waals surface area contributed by atoms with Gasteiger partial charge in [-0.1, -0.05) is 20.8 Å². The van der Waals surface area contributed by atoms with Crippen LogP contribution in [0.4, 0.5) is 18.9 Å². The molecule has 0 aromatic heterocycles. The summed E-state index contributed by atoms with van der Waals surface area (Å²) in [7, 11) is -2.00. The summed E-state index contributed by atoms with van der Waals surface area (Å²) in [6.07, 6.45) is -4.78. The third-order valence-corrected chi connectivity index (χ3v) is 13.4. The SMILES string of the molecule is CC(C)(C)[Si](C)(C)OCCC[C@@]12C[C@@H](O)[C@@](C)(O1)[C@H]1C(=O)N(c3ccc(C#N)c(C(F)(F)F)c3)C(=O)C12. The lowest BCUT2D eigenvalue weighted by atomic mass is 9.65. The van der Waals surface area contributed by atoms with E-state index in [9.17, 15) is 27.9 Å². The first-order valence-corrected chi connectivity index (χ1v) is 15.3. The highest BCUT2D eigenvalue weighted by molar-refractivity contribution is 6.74. The minimum atomic E-state index is -4.83. The molecule has 1 N–H and O–H groups in total. The van der Waals surface area contributed by atoms with Gasteiger partial charge in [-0.3, -0.25) is 9.59 Å². The molecule has 0 spiro atoms. The number of carbonyl (C=O) groups excluding carboxylic acids is 2. The van der Waals surface area contributed by atoms with Crippen molar-refractivity contribution in [1.82, 2.24) is 0 Å². The second kappa shape index (κ2) is 8.63. The second-order valence-corrected chi connectivity index (χ2v) is 16.9. The minimum absolute atomic E-state index is 0.0209. The Kier molecular flexibility index (Phi) is 6.47. The number of nitrogens with zero attached hydrogens (tertiary/aromatic N) is 2. The van der Waals surface area contributed by atoms with E-state index in [2.05, 4.69) is 33.9 Å². The number of aliphatic hydroxyl groups excluding tert-OH is 1. The fraction of sp³-hybridized carbons (Fsp3) is 0.654. The van der Waals surface area contributed by atoms with Crippen LogP contribution in [0, 0.1) is 23.2 Å². The zero-order valence-electron chi connectivity index (χ0n) is 21.9. The summed E-state index contributed by atoms with van der Waals surface area (Å²) in [6, 6.07) is 4.30. The quantitative estimate of drug-likeness (QED) is 0.318. The number of nitriles is 1. The van der Waals surface area contributed by atoms with E-state index in [0.717, 1.165) is 11.0 Å². The number of carbonyl (C=O) groups is 2. The lowest BCUT2D eigenvalue weighted by molar-refractivity contribution is -0.138. The van der Waals surface area contributed by atoms with Crippen molar-refractivity contribution >= 4 is 25.8 Å². The molecule has 1 aromatic carbocycles. The van der Waals surface area contributed by atoms with Crippen LogP contribution in [0.25, 0.3) is 0 Å². The maximum Gasteiger partial charge on any atom is 0.417 e. The van der Waals surface area contributed by atoms with Gasteiger partial charge in [-0.05, 0) is 56.1 Å². The van der Waals surface area contributed by atoms with Gasteiger partial charge in [0.05, 0.1) is 46.4 Å². The number of halogens is 3. The molecule has 1 unspecified atom stereocenters. The third-order valence-electron chi connectivity index (χ3n) is 8.81. The Morgan fingerprint density at radius 2 is 1.84 bits per heavy atom. The zero-order valence-corrected chi connectivity index (χ0v) is 22.9. The highest BCUT2D eigenvalue weighted by Gasteiger charge is 2.76. The van der Waals surface area contributed by atoms with Crippen LogP contribution in [0.1, 0.15) is 58.1 Å². The number of imide groups is 1. The normalized spacial score (nSPS) is 31.7. The van der Waals surface area contributed by atoms with Crippen molar-refractivity contribution in [3.05, 3.63) is 29.3 Å². The van der Waals surface area contributed by atoms with Gasteiger partial charge in [-0.2, -0.15) is 18.4 Å². The van der Waals surface area contributed by atoms with E-state index in [4.69, 9.17) is 14.4 Å². The monoisotopic (exact) mass is 538 g/mol. The van der Waals surface area contributed by atoms with Crippen molar-refractivity contribution in [2.24, 2.45) is 11.8 Å². The van der Waals surface area contributed by atoms with Gasteiger partial charge in [0.25, 0.3) is 0 Å². The lowest BCUT2D eigenvalue weighted by Crippen LogP contribution is -2.49. The first-order valence-electron chi connectivity index (χ1n) is 12.4. The van der Waals surface area contributed by atoms with Crippen LogP contribution in [0.15, 0.2) is 18.2 Å². The summed E-state index contributed by atoms with van der Waals surface area (Å²) in [6.45, 7) is 12.7. The van der Waals surface area contributed by atoms with E-state index in [1.807, 2.05) is 0 Å². The molecule has 3 fully saturated rings. The molecule has 7 nitrogen and oxygen atoms in total. The van der Waals surface area contributed by atoms with Crippen molar-refractivity contribution in [2.75, 3.05) is 11.5 Å². The number of alkyl halides is 3. The van der Waals surface area contributed by atoms with E-state index < -0.39 is 66.6 Å². The van der Waals surface area contributed by atoms with Gasteiger partial charge in [0.2, 0.25) is 11.8 Å². The molecule has 0 aliphatic carbocycles. The molecule has 5 atom stereocenters. The number of amides is 2. The Morgan fingerprint density at radius 3 is 2.41 bits per heavy atom. The first-order chi connectivity index (χ1) is 16.9. The van der Waals surface area contributed by atoms with Crippen molar-refractivity contribution in [3.63, 3.8) is 0 Å². The van der Waals surface area contributed by atoms with Crippen molar-refractivity contribution in [3.8, 4) is 6.07 Å². The van der Waals surface area contributed by atoms with Gasteiger partial charge in [-0.25, -0.2) is 4.90 Å². The van der Waals surface area contributed by atoms with E-state index in [1.165, 1.54) is 12.1 Å². The van der Waals surface area contributed by atoms with Crippen molar-refractivity contribution < 1.29 is 37.0 Å². The molecule has 11 heteroatoms. The van der Waals surface area contributed by atoms with E-state index in [-0.39, 0.29) is 17.1 Å². The number of fused-ring (bicyclic) bond motifs is 5. The maximum atomic E-state index is 13.7. The first kappa shape index (κ1) is 27.8. The van der Waals surface area contributed by atoms with Crippen LogP contribution in [0.3, 0.4) is 0 Å². The summed E-state index contributed by atoms with van der Waals surface area (Å²) >= 11 is 0. The molecule has 37 heavy (non-hydrogen) atoms. The van der Waals surface area contributed by atoms with Crippen LogP contribution in [-0.4, -0.2) is 49.2 Å². The molecule has 3 heterocycles. The molecule has 2 amide bonds. The molecule has 0 radical (unpaired) electrons. The fourth-order valence-corrected chi connectivity index (χ4v) is 6.88. The van der Waals surface area contributed by atoms with Gasteiger partial charge in [0.1, 0.15) is 5.60 Å². The predicted octanol–water partition coefficient (Wildman–Crippen LogP) is 4.78. The molecule has 3 aliphatic heterocycles. The average Bonchev–Trinajstić information content (AvgIpc) is 3.31. The molecule has 0 saturated carbocycles. The number of ether oxygens (including phenoxy) is 1. The smallest absolute Gasteiger partial charge is 0.417 e. The average molecular weight is 539 g/mol.